The Kier molecular flexibility index (Phi) is 5.22. The molecule has 0 saturated heterocycles. The maximum absolute atomic E-state index is 6.35. The molecule has 1 aromatic heterocycles. The zero-order valence-electron chi connectivity index (χ0n) is 11.5. The Hall–Kier alpha value is -0.380. The van der Waals surface area contributed by atoms with Gasteiger partial charge in [-0.15, -0.1) is 11.3 Å². The van der Waals surface area contributed by atoms with Crippen LogP contribution in [0.2, 0.25) is 0 Å². The van der Waals surface area contributed by atoms with Crippen LogP contribution in [0.3, 0.4) is 0 Å². The van der Waals surface area contributed by atoms with Gasteiger partial charge in [0, 0.05) is 10.9 Å². The molecule has 2 N–H and O–H groups in total. The third-order valence-electron chi connectivity index (χ3n) is 3.91. The highest BCUT2D eigenvalue weighted by Crippen LogP contribution is 2.33. The van der Waals surface area contributed by atoms with Gasteiger partial charge in [-0.3, -0.25) is 0 Å². The number of nitrogens with two attached hydrogens (primary N) is 1. The van der Waals surface area contributed by atoms with Crippen molar-refractivity contribution in [2.45, 2.75) is 70.6 Å². The van der Waals surface area contributed by atoms with E-state index in [1.165, 1.54) is 42.5 Å². The van der Waals surface area contributed by atoms with Crippen LogP contribution in [0.25, 0.3) is 0 Å². The van der Waals surface area contributed by atoms with E-state index in [9.17, 15) is 0 Å². The topological polar surface area (TPSA) is 35.2 Å². The van der Waals surface area contributed by atoms with E-state index in [1.807, 2.05) is 0 Å². The maximum atomic E-state index is 6.35. The Morgan fingerprint density at radius 2 is 2.11 bits per heavy atom. The van der Waals surface area contributed by atoms with Gasteiger partial charge in [0.15, 0.2) is 0 Å². The molecule has 2 nitrogen and oxygen atoms in total. The standard InChI is InChI=1S/C15H25NOS/c1-3-13(16)14(15-11(2)9-10-18-15)17-12-7-5-4-6-8-12/h9-10,12-14H,3-8,16H2,1-2H3. The normalized spacial score (nSPS) is 20.8. The summed E-state index contributed by atoms with van der Waals surface area (Å²) < 4.78 is 6.35. The van der Waals surface area contributed by atoms with Crippen molar-refractivity contribution in [2.24, 2.45) is 5.73 Å². The average molecular weight is 267 g/mol. The number of rotatable bonds is 5. The fraction of sp³-hybridized carbons (Fsp3) is 0.733. The molecule has 1 aliphatic carbocycles. The van der Waals surface area contributed by atoms with E-state index in [4.69, 9.17) is 10.5 Å². The van der Waals surface area contributed by atoms with Gasteiger partial charge >= 0.3 is 0 Å². The first-order valence-electron chi connectivity index (χ1n) is 7.17. The van der Waals surface area contributed by atoms with Gasteiger partial charge in [0.1, 0.15) is 6.10 Å². The van der Waals surface area contributed by atoms with Gasteiger partial charge in [0.25, 0.3) is 0 Å². The van der Waals surface area contributed by atoms with Crippen LogP contribution in [-0.4, -0.2) is 12.1 Å². The first kappa shape index (κ1) is 14.0. The summed E-state index contributed by atoms with van der Waals surface area (Å²) in [7, 11) is 0. The Bertz CT molecular complexity index is 357. The minimum absolute atomic E-state index is 0.0955. The lowest BCUT2D eigenvalue weighted by atomic mass is 9.97. The van der Waals surface area contributed by atoms with Crippen LogP contribution in [0.1, 0.15) is 62.0 Å². The Morgan fingerprint density at radius 3 is 2.67 bits per heavy atom. The molecule has 2 atom stereocenters. The molecule has 18 heavy (non-hydrogen) atoms. The molecule has 1 saturated carbocycles. The minimum atomic E-state index is 0.0955. The van der Waals surface area contributed by atoms with Crippen molar-refractivity contribution in [2.75, 3.05) is 0 Å². The van der Waals surface area contributed by atoms with E-state index in [0.29, 0.717) is 6.10 Å². The van der Waals surface area contributed by atoms with Gasteiger partial charge < -0.3 is 10.5 Å². The fourth-order valence-electron chi connectivity index (χ4n) is 2.66. The lowest BCUT2D eigenvalue weighted by molar-refractivity contribution is -0.0422. The van der Waals surface area contributed by atoms with E-state index >= 15 is 0 Å². The first-order chi connectivity index (χ1) is 8.72. The molecule has 102 valence electrons. The van der Waals surface area contributed by atoms with Gasteiger partial charge in [-0.25, -0.2) is 0 Å². The summed E-state index contributed by atoms with van der Waals surface area (Å²) in [5, 5.41) is 2.14. The summed E-state index contributed by atoms with van der Waals surface area (Å²) in [6.45, 7) is 4.30. The molecule has 2 unspecified atom stereocenters. The summed E-state index contributed by atoms with van der Waals surface area (Å²) in [5.41, 5.74) is 7.60. The molecule has 1 aliphatic rings. The van der Waals surface area contributed by atoms with Crippen molar-refractivity contribution in [3.05, 3.63) is 21.9 Å². The van der Waals surface area contributed by atoms with Crippen molar-refractivity contribution in [1.29, 1.82) is 0 Å². The second-order valence-corrected chi connectivity index (χ2v) is 6.30. The van der Waals surface area contributed by atoms with E-state index in [1.54, 1.807) is 11.3 Å². The first-order valence-corrected chi connectivity index (χ1v) is 8.05. The third kappa shape index (κ3) is 3.34. The van der Waals surface area contributed by atoms with Gasteiger partial charge in [0.2, 0.25) is 0 Å². The van der Waals surface area contributed by atoms with Crippen molar-refractivity contribution in [1.82, 2.24) is 0 Å². The Morgan fingerprint density at radius 1 is 1.39 bits per heavy atom. The SMILES string of the molecule is CCC(N)C(OC1CCCCC1)c1sccc1C. The van der Waals surface area contributed by atoms with Crippen LogP contribution in [0.5, 0.6) is 0 Å². The van der Waals surface area contributed by atoms with Crippen LogP contribution in [0.4, 0.5) is 0 Å². The lowest BCUT2D eigenvalue weighted by Crippen LogP contribution is -2.33. The monoisotopic (exact) mass is 267 g/mol. The number of hydrogen-bond donors (Lipinski definition) is 1. The molecule has 3 heteroatoms. The summed E-state index contributed by atoms with van der Waals surface area (Å²) in [6.07, 6.45) is 7.87. The Labute approximate surface area is 115 Å². The molecule has 1 fully saturated rings. The van der Waals surface area contributed by atoms with E-state index in [0.717, 1.165) is 6.42 Å². The molecule has 0 bridgehead atoms. The molecule has 1 aromatic rings. The predicted octanol–water partition coefficient (Wildman–Crippen LogP) is 4.18. The van der Waals surface area contributed by atoms with Crippen molar-refractivity contribution in [3.8, 4) is 0 Å². The summed E-state index contributed by atoms with van der Waals surface area (Å²) in [6, 6.07) is 2.28. The van der Waals surface area contributed by atoms with E-state index in [-0.39, 0.29) is 12.1 Å². The van der Waals surface area contributed by atoms with Gasteiger partial charge in [-0.05, 0) is 43.2 Å². The van der Waals surface area contributed by atoms with Gasteiger partial charge in [-0.2, -0.15) is 0 Å². The fourth-order valence-corrected chi connectivity index (χ4v) is 3.69. The summed E-state index contributed by atoms with van der Waals surface area (Å²) in [5.74, 6) is 0. The number of thiophene rings is 1. The molecule has 1 heterocycles. The zero-order valence-corrected chi connectivity index (χ0v) is 12.3. The lowest BCUT2D eigenvalue weighted by Gasteiger charge is -2.30. The molecule has 0 amide bonds. The quantitative estimate of drug-likeness (QED) is 0.868. The average Bonchev–Trinajstić information content (AvgIpc) is 2.82. The van der Waals surface area contributed by atoms with Crippen LogP contribution in [-0.2, 0) is 4.74 Å². The number of hydrogen-bond acceptors (Lipinski definition) is 3. The van der Waals surface area contributed by atoms with Crippen LogP contribution in [0, 0.1) is 6.92 Å². The van der Waals surface area contributed by atoms with Gasteiger partial charge in [0.05, 0.1) is 6.10 Å². The Balaban J connectivity index is 2.07. The van der Waals surface area contributed by atoms with Crippen molar-refractivity contribution < 1.29 is 4.74 Å². The predicted molar refractivity (Wildman–Crippen MR) is 78.0 cm³/mol. The minimum Gasteiger partial charge on any atom is -0.368 e. The maximum Gasteiger partial charge on any atom is 0.107 e. The van der Waals surface area contributed by atoms with Crippen LogP contribution in [0.15, 0.2) is 11.4 Å². The highest BCUT2D eigenvalue weighted by molar-refractivity contribution is 7.10. The van der Waals surface area contributed by atoms with Crippen molar-refractivity contribution >= 4 is 11.3 Å². The summed E-state index contributed by atoms with van der Waals surface area (Å²) >= 11 is 1.78. The molecule has 0 spiro atoms. The zero-order chi connectivity index (χ0) is 13.0. The highest BCUT2D eigenvalue weighted by Gasteiger charge is 2.26. The molecule has 2 rings (SSSR count). The molecule has 0 radical (unpaired) electrons. The molecular formula is C15H25NOS. The number of ether oxygens (including phenoxy) is 1. The van der Waals surface area contributed by atoms with Crippen LogP contribution < -0.4 is 5.73 Å². The summed E-state index contributed by atoms with van der Waals surface area (Å²) in [4.78, 5) is 1.33. The van der Waals surface area contributed by atoms with Gasteiger partial charge in [-0.1, -0.05) is 26.2 Å². The number of aryl methyl sites for hydroxylation is 1. The van der Waals surface area contributed by atoms with Crippen molar-refractivity contribution in [3.63, 3.8) is 0 Å². The highest BCUT2D eigenvalue weighted by atomic mass is 32.1. The van der Waals surface area contributed by atoms with E-state index < -0.39 is 0 Å². The largest absolute Gasteiger partial charge is 0.368 e. The third-order valence-corrected chi connectivity index (χ3v) is 4.99. The molecule has 0 aliphatic heterocycles. The van der Waals surface area contributed by atoms with Crippen LogP contribution >= 0.6 is 11.3 Å². The van der Waals surface area contributed by atoms with E-state index in [2.05, 4.69) is 25.3 Å². The molecule has 0 aromatic carbocycles. The smallest absolute Gasteiger partial charge is 0.107 e. The second-order valence-electron chi connectivity index (χ2n) is 5.36. The molecular weight excluding hydrogens is 242 g/mol. The second kappa shape index (κ2) is 6.69.